The molecule has 0 bridgehead atoms. The molecule has 0 atom stereocenters. The number of pyridine rings is 1. The summed E-state index contributed by atoms with van der Waals surface area (Å²) in [6, 6.07) is 57.1. The summed E-state index contributed by atoms with van der Waals surface area (Å²) >= 11 is 1.67. The predicted octanol–water partition coefficient (Wildman–Crippen LogP) is 13.1. The number of fused-ring (bicyclic) bond motifs is 2. The van der Waals surface area contributed by atoms with E-state index in [0.29, 0.717) is 5.92 Å². The topological polar surface area (TPSA) is 30.7 Å². The van der Waals surface area contributed by atoms with Gasteiger partial charge in [0.2, 0.25) is 0 Å². The maximum Gasteiger partial charge on any atom is 0.0774 e. The molecule has 9 aromatic rings. The van der Waals surface area contributed by atoms with Crippen LogP contribution in [0.25, 0.3) is 71.7 Å². The molecule has 3 aromatic heterocycles. The van der Waals surface area contributed by atoms with Crippen LogP contribution in [0, 0.1) is 24.2 Å². The monoisotopic (exact) mass is 897 g/mol. The number of para-hydroxylation sites is 3. The molecule has 0 fully saturated rings. The van der Waals surface area contributed by atoms with E-state index in [1.54, 1.807) is 29.5 Å². The van der Waals surface area contributed by atoms with Crippen LogP contribution in [0.3, 0.4) is 0 Å². The maximum absolute atomic E-state index is 7.23. The van der Waals surface area contributed by atoms with Gasteiger partial charge in [-0.25, -0.2) is 0 Å². The number of aryl methyl sites for hydroxylation is 1. The predicted molar refractivity (Wildman–Crippen MR) is 223 cm³/mol. The van der Waals surface area contributed by atoms with Gasteiger partial charge in [-0.3, -0.25) is 16.3 Å². The Hall–Kier alpha value is -5.45. The number of thiophene rings is 1. The molecule has 3 nitrogen and oxygen atoms in total. The summed E-state index contributed by atoms with van der Waals surface area (Å²) in [6.07, 6.45) is 2.44. The Morgan fingerprint density at radius 2 is 1.44 bits per heavy atom. The molecule has 5 heteroatoms. The number of aromatic nitrogens is 3. The Bertz CT molecular complexity index is 2670. The van der Waals surface area contributed by atoms with Crippen molar-refractivity contribution in [1.29, 1.82) is 0 Å². The second-order valence-electron chi connectivity index (χ2n) is 13.4. The standard InChI is InChI=1S/C37H29N2S.C12H10N.Ir/c1-25(2)22-26-20-21-35-31(23-26)32(24-40-35)37-38-33-18-9-10-19-34(33)39(37)36-29(27-12-5-3-6-13-27)16-11-17-30(36)28-14-7-4-8-15-28;1-10-7-8-12(13-9-10)11-5-3-2-4-6-11;/h3-21,23,25H,22H2,1-2H3;2-5,7-9H,1H3;/q2*-1;/i;1D3;. The molecule has 0 amide bonds. The van der Waals surface area contributed by atoms with Crippen molar-refractivity contribution >= 4 is 32.5 Å². The first-order valence-corrected chi connectivity index (χ1v) is 18.6. The summed E-state index contributed by atoms with van der Waals surface area (Å²) in [4.78, 5) is 9.40. The van der Waals surface area contributed by atoms with Crippen molar-refractivity contribution in [2.75, 3.05) is 0 Å². The first-order valence-electron chi connectivity index (χ1n) is 19.3. The molecule has 0 N–H and O–H groups in total. The Balaban J connectivity index is 0.000000246. The van der Waals surface area contributed by atoms with E-state index in [0.717, 1.165) is 45.8 Å². The van der Waals surface area contributed by atoms with Gasteiger partial charge in [0.25, 0.3) is 0 Å². The first-order chi connectivity index (χ1) is 27.2. The second kappa shape index (κ2) is 16.7. The molecule has 267 valence electrons. The molecule has 3 heterocycles. The van der Waals surface area contributed by atoms with Crippen LogP contribution in [0.5, 0.6) is 0 Å². The molecule has 54 heavy (non-hydrogen) atoms. The zero-order valence-electron chi connectivity index (χ0n) is 33.0. The fraction of sp³-hybridized carbons (Fsp3) is 0.102. The Morgan fingerprint density at radius 3 is 2.09 bits per heavy atom. The summed E-state index contributed by atoms with van der Waals surface area (Å²) in [5, 5.41) is 4.88. The van der Waals surface area contributed by atoms with Gasteiger partial charge >= 0.3 is 0 Å². The smallest absolute Gasteiger partial charge is 0.0774 e. The van der Waals surface area contributed by atoms with E-state index in [2.05, 4.69) is 156 Å². The third-order valence-electron chi connectivity index (χ3n) is 9.18. The van der Waals surface area contributed by atoms with Crippen molar-refractivity contribution in [3.8, 4) is 50.6 Å². The van der Waals surface area contributed by atoms with E-state index in [9.17, 15) is 0 Å². The van der Waals surface area contributed by atoms with Crippen molar-refractivity contribution < 1.29 is 24.2 Å². The van der Waals surface area contributed by atoms with Crippen molar-refractivity contribution in [2.24, 2.45) is 5.92 Å². The van der Waals surface area contributed by atoms with Gasteiger partial charge < -0.3 is 9.55 Å². The average molecular weight is 897 g/mol. The summed E-state index contributed by atoms with van der Waals surface area (Å²) < 4.78 is 25.3. The van der Waals surface area contributed by atoms with Gasteiger partial charge in [-0.15, -0.1) is 47.3 Å². The molecular weight excluding hydrogens is 855 g/mol. The van der Waals surface area contributed by atoms with Crippen molar-refractivity contribution in [1.82, 2.24) is 14.5 Å². The first kappa shape index (κ1) is 33.1. The fourth-order valence-corrected chi connectivity index (χ4v) is 7.62. The van der Waals surface area contributed by atoms with Crippen LogP contribution in [0.4, 0.5) is 0 Å². The number of hydrogen-bond donors (Lipinski definition) is 0. The zero-order valence-corrected chi connectivity index (χ0v) is 33.2. The maximum atomic E-state index is 7.23. The molecule has 0 aliphatic heterocycles. The fourth-order valence-electron chi connectivity index (χ4n) is 6.80. The summed E-state index contributed by atoms with van der Waals surface area (Å²) in [6.45, 7) is 2.46. The third-order valence-corrected chi connectivity index (χ3v) is 10.1. The number of hydrogen-bond acceptors (Lipinski definition) is 3. The number of imidazole rings is 1. The van der Waals surface area contributed by atoms with Gasteiger partial charge in [0.15, 0.2) is 0 Å². The van der Waals surface area contributed by atoms with E-state index in [1.807, 2.05) is 18.2 Å². The van der Waals surface area contributed by atoms with E-state index in [1.165, 1.54) is 44.1 Å². The van der Waals surface area contributed by atoms with Crippen LogP contribution in [0.15, 0.2) is 164 Å². The van der Waals surface area contributed by atoms with Gasteiger partial charge in [0.05, 0.1) is 22.5 Å². The van der Waals surface area contributed by atoms with Crippen LogP contribution < -0.4 is 0 Å². The Labute approximate surface area is 339 Å². The van der Waals surface area contributed by atoms with Crippen LogP contribution in [-0.2, 0) is 26.5 Å². The van der Waals surface area contributed by atoms with E-state index >= 15 is 0 Å². The molecule has 9 rings (SSSR count). The number of rotatable bonds is 7. The molecule has 0 saturated heterocycles. The number of nitrogens with zero attached hydrogens (tertiary/aromatic N) is 3. The van der Waals surface area contributed by atoms with E-state index in [4.69, 9.17) is 9.10 Å². The molecule has 1 radical (unpaired) electrons. The zero-order chi connectivity index (χ0) is 38.6. The quantitative estimate of drug-likeness (QED) is 0.149. The van der Waals surface area contributed by atoms with Crippen LogP contribution >= 0.6 is 11.3 Å². The molecule has 0 spiro atoms. The minimum absolute atomic E-state index is 0. The van der Waals surface area contributed by atoms with Gasteiger partial charge in [-0.2, -0.15) is 0 Å². The molecular formula is C49H39IrN3S-2. The average Bonchev–Trinajstić information content (AvgIpc) is 3.82. The SMILES string of the molecule is CC(C)Cc1ccc2s[c-]c(-c3nc4ccccc4n3-c3c(-c4ccccc4)cccc3-c3ccccc3)c2c1.[2H]C([2H])([2H])c1ccc(-c2[c-]cccc2)nc1.[Ir]. The molecule has 0 aliphatic rings. The minimum atomic E-state index is -2.09. The summed E-state index contributed by atoms with van der Waals surface area (Å²) in [7, 11) is 0. The number of benzene rings is 6. The van der Waals surface area contributed by atoms with Crippen LogP contribution in [0.2, 0.25) is 0 Å². The summed E-state index contributed by atoms with van der Waals surface area (Å²) in [5.41, 5.74) is 12.2. The van der Waals surface area contributed by atoms with Crippen LogP contribution in [-0.4, -0.2) is 14.5 Å². The largest absolute Gasteiger partial charge is 0.332 e. The minimum Gasteiger partial charge on any atom is -0.332 e. The van der Waals surface area contributed by atoms with Crippen molar-refractivity contribution in [3.63, 3.8) is 0 Å². The molecule has 0 unspecified atom stereocenters. The van der Waals surface area contributed by atoms with Gasteiger partial charge in [0.1, 0.15) is 0 Å². The Kier molecular flexibility index (Phi) is 10.2. The van der Waals surface area contributed by atoms with Gasteiger partial charge in [-0.05, 0) is 53.7 Å². The van der Waals surface area contributed by atoms with E-state index < -0.39 is 6.85 Å². The van der Waals surface area contributed by atoms with Crippen molar-refractivity contribution in [3.05, 3.63) is 186 Å². The second-order valence-corrected chi connectivity index (χ2v) is 14.3. The Morgan fingerprint density at radius 1 is 0.741 bits per heavy atom. The van der Waals surface area contributed by atoms with Gasteiger partial charge in [-0.1, -0.05) is 150 Å². The normalized spacial score (nSPS) is 12.0. The summed E-state index contributed by atoms with van der Waals surface area (Å²) in [5.74, 6) is 1.52. The van der Waals surface area contributed by atoms with Gasteiger partial charge in [0, 0.05) is 41.5 Å². The van der Waals surface area contributed by atoms with Crippen molar-refractivity contribution in [2.45, 2.75) is 27.1 Å². The van der Waals surface area contributed by atoms with E-state index in [-0.39, 0.29) is 25.7 Å². The molecule has 0 saturated carbocycles. The molecule has 6 aromatic carbocycles. The molecule has 0 aliphatic carbocycles. The third kappa shape index (κ3) is 7.76. The van der Waals surface area contributed by atoms with Crippen LogP contribution in [0.1, 0.15) is 29.1 Å².